The maximum atomic E-state index is 10.3. The van der Waals surface area contributed by atoms with Gasteiger partial charge in [-0.25, -0.2) is 0 Å². The second kappa shape index (κ2) is 7.10. The fourth-order valence-corrected chi connectivity index (χ4v) is 4.42. The van der Waals surface area contributed by atoms with Crippen LogP contribution in [0.25, 0.3) is 0 Å². The first-order chi connectivity index (χ1) is 11.0. The van der Waals surface area contributed by atoms with Gasteiger partial charge in [0.1, 0.15) is 0 Å². The summed E-state index contributed by atoms with van der Waals surface area (Å²) in [6.07, 6.45) is 8.29. The Morgan fingerprint density at radius 2 is 1.61 bits per heavy atom. The molecule has 132 valence electrons. The van der Waals surface area contributed by atoms with Gasteiger partial charge in [0.15, 0.2) is 0 Å². The van der Waals surface area contributed by atoms with Crippen LogP contribution >= 0.6 is 0 Å². The van der Waals surface area contributed by atoms with Crippen LogP contribution in [-0.4, -0.2) is 72.5 Å². The summed E-state index contributed by atoms with van der Waals surface area (Å²) in [4.78, 5) is 17.4. The van der Waals surface area contributed by atoms with Crippen molar-refractivity contribution in [1.29, 1.82) is 0 Å². The molecule has 0 bridgehead atoms. The number of hydrogen-bond acceptors (Lipinski definition) is 3. The number of nitrogens with zero attached hydrogens (tertiary/aromatic N) is 3. The molecule has 4 rings (SSSR count). The molecule has 0 aromatic heterocycles. The lowest BCUT2D eigenvalue weighted by Gasteiger charge is -2.60. The predicted molar refractivity (Wildman–Crippen MR) is 94.4 cm³/mol. The maximum Gasteiger partial charge on any atom is 0.209 e. The molecule has 3 saturated heterocycles. The molecule has 23 heavy (non-hydrogen) atoms. The van der Waals surface area contributed by atoms with Crippen molar-refractivity contribution >= 4 is 6.41 Å². The van der Waals surface area contributed by atoms with Gasteiger partial charge in [0, 0.05) is 43.7 Å². The van der Waals surface area contributed by atoms with Gasteiger partial charge < -0.3 is 9.80 Å². The highest BCUT2D eigenvalue weighted by Gasteiger charge is 2.51. The number of carbonyl (C=O) groups excluding carboxylic acids is 1. The quantitative estimate of drug-likeness (QED) is 0.747. The zero-order chi connectivity index (χ0) is 16.4. The van der Waals surface area contributed by atoms with Crippen LogP contribution in [0.15, 0.2) is 0 Å². The Kier molecular flexibility index (Phi) is 5.32. The van der Waals surface area contributed by atoms with Gasteiger partial charge in [0.05, 0.1) is 0 Å². The molecule has 3 aliphatic heterocycles. The normalized spacial score (nSPS) is 28.6. The van der Waals surface area contributed by atoms with E-state index in [9.17, 15) is 4.79 Å². The number of rotatable bonds is 3. The van der Waals surface area contributed by atoms with Crippen molar-refractivity contribution in [3.8, 4) is 0 Å². The molecule has 0 unspecified atom stereocenters. The monoisotopic (exact) mass is 321 g/mol. The molecular weight excluding hydrogens is 286 g/mol. The van der Waals surface area contributed by atoms with E-state index in [1.165, 1.54) is 58.3 Å². The highest BCUT2D eigenvalue weighted by molar-refractivity contribution is 5.49. The summed E-state index contributed by atoms with van der Waals surface area (Å²) < 4.78 is 0. The molecule has 4 fully saturated rings. The molecule has 0 N–H and O–H groups in total. The molecule has 0 atom stereocenters. The number of hydrogen-bond donors (Lipinski definition) is 0. The SMILES string of the molecule is CC(C)N1CC2(CN(C=O)C2)C1.CC1CCN(C2CCC2)CC1. The molecule has 1 saturated carbocycles. The van der Waals surface area contributed by atoms with Gasteiger partial charge in [-0.2, -0.15) is 0 Å². The molecule has 4 heteroatoms. The first kappa shape index (κ1) is 17.2. The Morgan fingerprint density at radius 1 is 1.00 bits per heavy atom. The first-order valence-corrected chi connectivity index (χ1v) is 9.69. The molecule has 0 aromatic carbocycles. The van der Waals surface area contributed by atoms with Crippen molar-refractivity contribution in [3.05, 3.63) is 0 Å². The Morgan fingerprint density at radius 3 is 2.04 bits per heavy atom. The van der Waals surface area contributed by atoms with Crippen LogP contribution in [0.4, 0.5) is 0 Å². The average molecular weight is 322 g/mol. The lowest BCUT2D eigenvalue weighted by atomic mass is 9.72. The summed E-state index contributed by atoms with van der Waals surface area (Å²) in [6, 6.07) is 1.66. The Bertz CT molecular complexity index is 385. The Labute approximate surface area is 142 Å². The van der Waals surface area contributed by atoms with E-state index in [4.69, 9.17) is 0 Å². The molecule has 3 heterocycles. The predicted octanol–water partition coefficient (Wildman–Crippen LogP) is 2.44. The van der Waals surface area contributed by atoms with E-state index in [0.717, 1.165) is 31.5 Å². The zero-order valence-corrected chi connectivity index (χ0v) is 15.3. The van der Waals surface area contributed by atoms with Crippen molar-refractivity contribution in [1.82, 2.24) is 14.7 Å². The zero-order valence-electron chi connectivity index (χ0n) is 15.3. The van der Waals surface area contributed by atoms with Crippen LogP contribution in [0.3, 0.4) is 0 Å². The summed E-state index contributed by atoms with van der Waals surface area (Å²) in [5, 5.41) is 0. The van der Waals surface area contributed by atoms with Crippen LogP contribution < -0.4 is 0 Å². The van der Waals surface area contributed by atoms with Crippen LogP contribution in [0.5, 0.6) is 0 Å². The fraction of sp³-hybridized carbons (Fsp3) is 0.947. The Hall–Kier alpha value is -0.610. The maximum absolute atomic E-state index is 10.3. The van der Waals surface area contributed by atoms with E-state index in [2.05, 4.69) is 30.6 Å². The second-order valence-corrected chi connectivity index (χ2v) is 8.81. The minimum Gasteiger partial charge on any atom is -0.344 e. The third-order valence-electron chi connectivity index (χ3n) is 6.44. The Balaban J connectivity index is 0.000000136. The number of carbonyl (C=O) groups is 1. The van der Waals surface area contributed by atoms with Gasteiger partial charge >= 0.3 is 0 Å². The average Bonchev–Trinajstić information content (AvgIpc) is 2.37. The van der Waals surface area contributed by atoms with E-state index in [-0.39, 0.29) is 0 Å². The summed E-state index contributed by atoms with van der Waals surface area (Å²) in [7, 11) is 0. The molecule has 1 aliphatic carbocycles. The van der Waals surface area contributed by atoms with E-state index in [1.54, 1.807) is 0 Å². The summed E-state index contributed by atoms with van der Waals surface area (Å²) in [6.45, 7) is 13.9. The summed E-state index contributed by atoms with van der Waals surface area (Å²) in [5.41, 5.74) is 0.491. The van der Waals surface area contributed by atoms with Gasteiger partial charge in [-0.1, -0.05) is 13.3 Å². The topological polar surface area (TPSA) is 26.8 Å². The van der Waals surface area contributed by atoms with Gasteiger partial charge in [-0.15, -0.1) is 0 Å². The highest BCUT2D eigenvalue weighted by atomic mass is 16.1. The van der Waals surface area contributed by atoms with Crippen LogP contribution in [0, 0.1) is 11.3 Å². The summed E-state index contributed by atoms with van der Waals surface area (Å²) in [5.74, 6) is 0.992. The van der Waals surface area contributed by atoms with Gasteiger partial charge in [-0.3, -0.25) is 9.69 Å². The van der Waals surface area contributed by atoms with Crippen molar-refractivity contribution in [2.75, 3.05) is 39.3 Å². The molecule has 4 aliphatic rings. The summed E-state index contributed by atoms with van der Waals surface area (Å²) >= 11 is 0. The van der Waals surface area contributed by atoms with Crippen LogP contribution in [-0.2, 0) is 4.79 Å². The lowest BCUT2D eigenvalue weighted by molar-refractivity contribution is -0.149. The van der Waals surface area contributed by atoms with Gasteiger partial charge in [-0.05, 0) is 58.5 Å². The standard InChI is InChI=1S/C10H19N.C9H16N2O/c1-9-5-7-11(8-6-9)10-3-2-4-10;1-8(2)11-5-9(6-11)3-10(4-9)7-12/h9-10H,2-8H2,1H3;7-8H,3-6H2,1-2H3. The molecule has 1 spiro atoms. The van der Waals surface area contributed by atoms with Gasteiger partial charge in [0.25, 0.3) is 0 Å². The van der Waals surface area contributed by atoms with Crippen LogP contribution in [0.2, 0.25) is 0 Å². The number of amides is 1. The first-order valence-electron chi connectivity index (χ1n) is 9.69. The third-order valence-corrected chi connectivity index (χ3v) is 6.44. The van der Waals surface area contributed by atoms with E-state index in [1.807, 2.05) is 4.90 Å². The molecule has 0 radical (unpaired) electrons. The highest BCUT2D eigenvalue weighted by Crippen LogP contribution is 2.39. The van der Waals surface area contributed by atoms with Crippen LogP contribution in [0.1, 0.15) is 52.9 Å². The van der Waals surface area contributed by atoms with Crippen molar-refractivity contribution in [2.45, 2.75) is 65.0 Å². The minimum absolute atomic E-state index is 0.491. The molecular formula is C19H35N3O. The number of piperidine rings is 1. The van der Waals surface area contributed by atoms with Crippen molar-refractivity contribution in [3.63, 3.8) is 0 Å². The lowest BCUT2D eigenvalue weighted by Crippen LogP contribution is -2.72. The van der Waals surface area contributed by atoms with E-state index >= 15 is 0 Å². The smallest absolute Gasteiger partial charge is 0.209 e. The van der Waals surface area contributed by atoms with Crippen molar-refractivity contribution in [2.24, 2.45) is 11.3 Å². The minimum atomic E-state index is 0.491. The second-order valence-electron chi connectivity index (χ2n) is 8.81. The van der Waals surface area contributed by atoms with E-state index < -0.39 is 0 Å². The number of likely N-dealkylation sites (tertiary alicyclic amines) is 3. The van der Waals surface area contributed by atoms with Gasteiger partial charge in [0.2, 0.25) is 6.41 Å². The van der Waals surface area contributed by atoms with Crippen molar-refractivity contribution < 1.29 is 4.79 Å². The fourth-order valence-electron chi connectivity index (χ4n) is 4.42. The van der Waals surface area contributed by atoms with E-state index in [0.29, 0.717) is 11.5 Å². The molecule has 1 amide bonds. The molecule has 0 aromatic rings. The third kappa shape index (κ3) is 3.90. The largest absolute Gasteiger partial charge is 0.344 e. The molecule has 4 nitrogen and oxygen atoms in total.